The summed E-state index contributed by atoms with van der Waals surface area (Å²) in [6.45, 7) is 0.526. The molecule has 2 N–H and O–H groups in total. The molecule has 0 saturated carbocycles. The third-order valence-corrected chi connectivity index (χ3v) is 3.68. The maximum atomic E-state index is 12.6. The number of nitrogens with one attached hydrogen (secondary N) is 2. The van der Waals surface area contributed by atoms with E-state index in [0.29, 0.717) is 12.2 Å². The van der Waals surface area contributed by atoms with E-state index < -0.39 is 17.6 Å². The minimum atomic E-state index is -4.42. The van der Waals surface area contributed by atoms with Gasteiger partial charge in [0, 0.05) is 36.5 Å². The second-order valence-electron chi connectivity index (χ2n) is 5.67. The zero-order valence-corrected chi connectivity index (χ0v) is 14.0. The molecule has 5 nitrogen and oxygen atoms in total. The largest absolute Gasteiger partial charge is 0.416 e. The van der Waals surface area contributed by atoms with Crippen LogP contribution < -0.4 is 10.6 Å². The van der Waals surface area contributed by atoms with Gasteiger partial charge in [0.05, 0.1) is 5.56 Å². The number of halogens is 3. The lowest BCUT2D eigenvalue weighted by molar-refractivity contribution is -0.137. The fourth-order valence-electron chi connectivity index (χ4n) is 2.31. The summed E-state index contributed by atoms with van der Waals surface area (Å²) in [4.78, 5) is 20.3. The lowest BCUT2D eigenvalue weighted by Crippen LogP contribution is -2.14. The first kappa shape index (κ1) is 18.4. The van der Waals surface area contributed by atoms with E-state index in [1.54, 1.807) is 24.5 Å². The second-order valence-corrected chi connectivity index (χ2v) is 5.67. The summed E-state index contributed by atoms with van der Waals surface area (Å²) in [6.07, 6.45) is 0.470. The van der Waals surface area contributed by atoms with E-state index in [-0.39, 0.29) is 11.4 Å². The zero-order valence-electron chi connectivity index (χ0n) is 14.0. The van der Waals surface area contributed by atoms with Gasteiger partial charge in [-0.2, -0.15) is 13.2 Å². The average molecular weight is 372 g/mol. The van der Waals surface area contributed by atoms with Gasteiger partial charge in [-0.1, -0.05) is 6.07 Å². The minimum absolute atomic E-state index is 0.145. The molecule has 1 aromatic carbocycles. The molecule has 0 aliphatic carbocycles. The number of hydrogen-bond acceptors (Lipinski definition) is 4. The van der Waals surface area contributed by atoms with Crippen LogP contribution in [0.3, 0.4) is 0 Å². The van der Waals surface area contributed by atoms with E-state index in [2.05, 4.69) is 20.6 Å². The van der Waals surface area contributed by atoms with Crippen molar-refractivity contribution < 1.29 is 18.0 Å². The molecule has 3 aromatic rings. The summed E-state index contributed by atoms with van der Waals surface area (Å²) >= 11 is 0. The van der Waals surface area contributed by atoms with Crippen LogP contribution in [0.1, 0.15) is 21.6 Å². The van der Waals surface area contributed by atoms with Crippen molar-refractivity contribution in [3.8, 4) is 0 Å². The van der Waals surface area contributed by atoms with E-state index in [9.17, 15) is 18.0 Å². The minimum Gasteiger partial charge on any atom is -0.381 e. The molecule has 3 rings (SSSR count). The normalized spacial score (nSPS) is 11.1. The Kier molecular flexibility index (Phi) is 5.35. The molecule has 138 valence electrons. The van der Waals surface area contributed by atoms with Crippen LogP contribution in [0.4, 0.5) is 24.5 Å². The molecule has 0 unspecified atom stereocenters. The number of pyridine rings is 2. The Hall–Kier alpha value is -3.42. The van der Waals surface area contributed by atoms with Gasteiger partial charge in [0.25, 0.3) is 5.91 Å². The highest BCUT2D eigenvalue weighted by Crippen LogP contribution is 2.29. The Morgan fingerprint density at radius 2 is 1.78 bits per heavy atom. The predicted molar refractivity (Wildman–Crippen MR) is 95.2 cm³/mol. The molecule has 2 aromatic heterocycles. The third kappa shape index (κ3) is 5.04. The highest BCUT2D eigenvalue weighted by molar-refractivity contribution is 6.03. The van der Waals surface area contributed by atoms with Gasteiger partial charge < -0.3 is 10.6 Å². The number of anilines is 2. The molecule has 0 atom stereocenters. The number of nitrogens with zero attached hydrogens (tertiary/aromatic N) is 2. The summed E-state index contributed by atoms with van der Waals surface area (Å²) in [7, 11) is 0. The summed E-state index contributed by atoms with van der Waals surface area (Å²) in [5.41, 5.74) is 1.28. The Balaban J connectivity index is 1.64. The monoisotopic (exact) mass is 372 g/mol. The quantitative estimate of drug-likeness (QED) is 0.698. The lowest BCUT2D eigenvalue weighted by Gasteiger charge is -2.10. The van der Waals surface area contributed by atoms with Gasteiger partial charge in [-0.05, 0) is 48.0 Å². The summed E-state index contributed by atoms with van der Waals surface area (Å²) in [6, 6.07) is 11.2. The summed E-state index contributed by atoms with van der Waals surface area (Å²) < 4.78 is 37.7. The molecule has 2 heterocycles. The number of carbonyl (C=O) groups excluding carboxylic acids is 1. The molecule has 0 bridgehead atoms. The van der Waals surface area contributed by atoms with Gasteiger partial charge in [-0.3, -0.25) is 14.8 Å². The van der Waals surface area contributed by atoms with Crippen molar-refractivity contribution in [1.29, 1.82) is 0 Å². The first-order valence-corrected chi connectivity index (χ1v) is 7.99. The second kappa shape index (κ2) is 7.86. The Labute approximate surface area is 153 Å². The van der Waals surface area contributed by atoms with E-state index >= 15 is 0 Å². The number of benzene rings is 1. The fraction of sp³-hybridized carbons (Fsp3) is 0.105. The molecule has 27 heavy (non-hydrogen) atoms. The number of rotatable bonds is 5. The van der Waals surface area contributed by atoms with Crippen molar-refractivity contribution in [2.75, 3.05) is 10.6 Å². The van der Waals surface area contributed by atoms with Crippen LogP contribution in [0.5, 0.6) is 0 Å². The van der Waals surface area contributed by atoms with E-state index in [1.165, 1.54) is 18.3 Å². The van der Waals surface area contributed by atoms with Crippen LogP contribution in [0.25, 0.3) is 0 Å². The van der Waals surface area contributed by atoms with Gasteiger partial charge in [0.2, 0.25) is 0 Å². The van der Waals surface area contributed by atoms with Gasteiger partial charge in [-0.25, -0.2) is 0 Å². The number of amides is 1. The number of carbonyl (C=O) groups is 1. The topological polar surface area (TPSA) is 66.9 Å². The SMILES string of the molecule is O=C(Nc1ccc(C(F)(F)F)cc1)c1cc(NCc2cccnc2)ccn1. The molecule has 0 aliphatic rings. The maximum absolute atomic E-state index is 12.6. The van der Waals surface area contributed by atoms with E-state index in [0.717, 1.165) is 17.7 Å². The van der Waals surface area contributed by atoms with Crippen molar-refractivity contribution >= 4 is 17.3 Å². The van der Waals surface area contributed by atoms with Crippen molar-refractivity contribution in [1.82, 2.24) is 9.97 Å². The molecule has 0 spiro atoms. The van der Waals surface area contributed by atoms with Crippen LogP contribution >= 0.6 is 0 Å². The molecule has 0 radical (unpaired) electrons. The molecular formula is C19H15F3N4O. The average Bonchev–Trinajstić information content (AvgIpc) is 2.67. The zero-order chi connectivity index (χ0) is 19.3. The highest BCUT2D eigenvalue weighted by atomic mass is 19.4. The van der Waals surface area contributed by atoms with Gasteiger partial charge in [-0.15, -0.1) is 0 Å². The predicted octanol–water partition coefficient (Wildman–Crippen LogP) is 4.36. The van der Waals surface area contributed by atoms with Crippen molar-refractivity contribution in [3.63, 3.8) is 0 Å². The Morgan fingerprint density at radius 1 is 1.00 bits per heavy atom. The molecule has 0 aliphatic heterocycles. The number of alkyl halides is 3. The summed E-state index contributed by atoms with van der Waals surface area (Å²) in [5.74, 6) is -0.514. The number of aromatic nitrogens is 2. The molecule has 8 heteroatoms. The Morgan fingerprint density at radius 3 is 2.44 bits per heavy atom. The lowest BCUT2D eigenvalue weighted by atomic mass is 10.2. The van der Waals surface area contributed by atoms with Crippen LogP contribution in [0, 0.1) is 0 Å². The van der Waals surface area contributed by atoms with Crippen LogP contribution in [-0.4, -0.2) is 15.9 Å². The van der Waals surface area contributed by atoms with Crippen LogP contribution in [0.2, 0.25) is 0 Å². The third-order valence-electron chi connectivity index (χ3n) is 3.68. The van der Waals surface area contributed by atoms with Gasteiger partial charge in [0.1, 0.15) is 5.69 Å². The van der Waals surface area contributed by atoms with Gasteiger partial charge in [0.15, 0.2) is 0 Å². The van der Waals surface area contributed by atoms with E-state index in [1.807, 2.05) is 12.1 Å². The molecule has 0 fully saturated rings. The molecule has 0 saturated heterocycles. The van der Waals surface area contributed by atoms with Crippen molar-refractivity contribution in [3.05, 3.63) is 83.9 Å². The van der Waals surface area contributed by atoms with Crippen molar-refractivity contribution in [2.24, 2.45) is 0 Å². The first-order chi connectivity index (χ1) is 12.9. The fourth-order valence-corrected chi connectivity index (χ4v) is 2.31. The van der Waals surface area contributed by atoms with Gasteiger partial charge >= 0.3 is 6.18 Å². The van der Waals surface area contributed by atoms with Crippen LogP contribution in [-0.2, 0) is 12.7 Å². The molecular weight excluding hydrogens is 357 g/mol. The highest BCUT2D eigenvalue weighted by Gasteiger charge is 2.30. The van der Waals surface area contributed by atoms with Crippen LogP contribution in [0.15, 0.2) is 67.1 Å². The standard InChI is InChI=1S/C19H15F3N4O/c20-19(21,22)14-3-5-15(6-4-14)26-18(27)17-10-16(7-9-24-17)25-12-13-2-1-8-23-11-13/h1-11H,12H2,(H,24,25)(H,26,27). The maximum Gasteiger partial charge on any atom is 0.416 e. The van der Waals surface area contributed by atoms with E-state index in [4.69, 9.17) is 0 Å². The smallest absolute Gasteiger partial charge is 0.381 e. The molecule has 1 amide bonds. The first-order valence-electron chi connectivity index (χ1n) is 7.99. The number of hydrogen-bond donors (Lipinski definition) is 2. The van der Waals surface area contributed by atoms with Crippen molar-refractivity contribution in [2.45, 2.75) is 12.7 Å². The summed E-state index contributed by atoms with van der Waals surface area (Å²) in [5, 5.41) is 5.69. The Bertz CT molecular complexity index is 912.